The molecule has 3 aliphatic rings. The second kappa shape index (κ2) is 11.7. The number of hydrogen-bond donors (Lipinski definition) is 0. The smallest absolute Gasteiger partial charge is 0.0245 e. The van der Waals surface area contributed by atoms with Crippen LogP contribution in [0.4, 0.5) is 0 Å². The molecule has 31 heavy (non-hydrogen) atoms. The molecular formula is C31H48. The highest BCUT2D eigenvalue weighted by molar-refractivity contribution is 5.34. The predicted molar refractivity (Wildman–Crippen MR) is 136 cm³/mol. The summed E-state index contributed by atoms with van der Waals surface area (Å²) in [7, 11) is 0. The maximum Gasteiger partial charge on any atom is -0.0245 e. The van der Waals surface area contributed by atoms with Crippen LogP contribution in [0.2, 0.25) is 0 Å². The van der Waals surface area contributed by atoms with Gasteiger partial charge >= 0.3 is 0 Å². The molecule has 172 valence electrons. The maximum atomic E-state index is 2.57. The summed E-state index contributed by atoms with van der Waals surface area (Å²) in [5, 5.41) is 0. The first-order valence-electron chi connectivity index (χ1n) is 14.0. The fourth-order valence-electron chi connectivity index (χ4n) is 7.36. The van der Waals surface area contributed by atoms with E-state index in [-0.39, 0.29) is 0 Å². The van der Waals surface area contributed by atoms with Gasteiger partial charge in [-0.25, -0.2) is 0 Å². The van der Waals surface area contributed by atoms with Crippen LogP contribution in [0.25, 0.3) is 0 Å². The van der Waals surface area contributed by atoms with Gasteiger partial charge in [-0.2, -0.15) is 0 Å². The number of hydrogen-bond acceptors (Lipinski definition) is 0. The van der Waals surface area contributed by atoms with Crippen LogP contribution in [0.5, 0.6) is 0 Å². The molecule has 0 aliphatic heterocycles. The van der Waals surface area contributed by atoms with Gasteiger partial charge in [0.2, 0.25) is 0 Å². The van der Waals surface area contributed by atoms with Crippen molar-refractivity contribution in [1.82, 2.24) is 0 Å². The summed E-state index contributed by atoms with van der Waals surface area (Å²) in [6.07, 6.45) is 27.5. The molecular weight excluding hydrogens is 372 g/mol. The minimum Gasteiger partial charge on any atom is -0.0917 e. The van der Waals surface area contributed by atoms with Crippen molar-refractivity contribution >= 4 is 0 Å². The number of benzene rings is 1. The third kappa shape index (κ3) is 6.27. The Morgan fingerprint density at radius 2 is 1.65 bits per heavy atom. The lowest BCUT2D eigenvalue weighted by Crippen LogP contribution is -2.35. The van der Waals surface area contributed by atoms with Gasteiger partial charge in [-0.05, 0) is 130 Å². The van der Waals surface area contributed by atoms with Gasteiger partial charge in [0.1, 0.15) is 0 Å². The molecule has 5 atom stereocenters. The monoisotopic (exact) mass is 420 g/mol. The first-order chi connectivity index (χ1) is 15.3. The van der Waals surface area contributed by atoms with Gasteiger partial charge in [-0.1, -0.05) is 63.0 Å². The molecule has 0 saturated heterocycles. The molecule has 0 spiro atoms. The van der Waals surface area contributed by atoms with Gasteiger partial charge in [0.25, 0.3) is 0 Å². The molecule has 0 aromatic heterocycles. The number of unbranched alkanes of at least 4 members (excludes halogenated alkanes) is 3. The van der Waals surface area contributed by atoms with E-state index < -0.39 is 0 Å². The van der Waals surface area contributed by atoms with Crippen LogP contribution in [-0.2, 0) is 19.3 Å². The lowest BCUT2D eigenvalue weighted by Gasteiger charge is -2.45. The Labute approximate surface area is 193 Å². The molecule has 3 aliphatic carbocycles. The van der Waals surface area contributed by atoms with E-state index >= 15 is 0 Å². The Kier molecular flexibility index (Phi) is 8.74. The number of allylic oxidation sites excluding steroid dienone is 2. The van der Waals surface area contributed by atoms with Crippen molar-refractivity contribution in [3.63, 3.8) is 0 Å². The quantitative estimate of drug-likeness (QED) is 0.276. The molecule has 0 radical (unpaired) electrons. The van der Waals surface area contributed by atoms with E-state index in [0.717, 1.165) is 29.6 Å². The van der Waals surface area contributed by atoms with Gasteiger partial charge in [0.15, 0.2) is 0 Å². The van der Waals surface area contributed by atoms with Crippen LogP contribution >= 0.6 is 0 Å². The predicted octanol–water partition coefficient (Wildman–Crippen LogP) is 9.10. The van der Waals surface area contributed by atoms with E-state index in [4.69, 9.17) is 0 Å². The molecule has 5 unspecified atom stereocenters. The molecule has 0 nitrogen and oxygen atoms in total. The summed E-state index contributed by atoms with van der Waals surface area (Å²) >= 11 is 0. The van der Waals surface area contributed by atoms with Crippen LogP contribution in [0.15, 0.2) is 30.4 Å². The molecule has 1 aromatic carbocycles. The average molecular weight is 421 g/mol. The molecule has 2 saturated carbocycles. The largest absolute Gasteiger partial charge is 0.0917 e. The zero-order chi connectivity index (χ0) is 21.5. The van der Waals surface area contributed by atoms with E-state index in [1.54, 1.807) is 29.5 Å². The molecule has 1 aromatic rings. The third-order valence-electron chi connectivity index (χ3n) is 9.26. The van der Waals surface area contributed by atoms with Crippen LogP contribution in [0, 0.1) is 29.6 Å². The Morgan fingerprint density at radius 1 is 0.839 bits per heavy atom. The highest BCUT2D eigenvalue weighted by atomic mass is 14.4. The Morgan fingerprint density at radius 3 is 2.48 bits per heavy atom. The lowest BCUT2D eigenvalue weighted by atomic mass is 9.61. The maximum absolute atomic E-state index is 2.57. The van der Waals surface area contributed by atoms with E-state index in [2.05, 4.69) is 44.2 Å². The van der Waals surface area contributed by atoms with Gasteiger partial charge in [-0.15, -0.1) is 0 Å². The summed E-state index contributed by atoms with van der Waals surface area (Å²) in [5.74, 6) is 5.13. The molecule has 2 fully saturated rings. The molecule has 0 heteroatoms. The van der Waals surface area contributed by atoms with Crippen molar-refractivity contribution < 1.29 is 0 Å². The topological polar surface area (TPSA) is 0 Å². The van der Waals surface area contributed by atoms with Crippen molar-refractivity contribution in [3.05, 3.63) is 47.0 Å². The fourth-order valence-corrected chi connectivity index (χ4v) is 7.36. The van der Waals surface area contributed by atoms with Crippen molar-refractivity contribution in [2.24, 2.45) is 29.6 Å². The van der Waals surface area contributed by atoms with Crippen LogP contribution < -0.4 is 0 Å². The zero-order valence-corrected chi connectivity index (χ0v) is 20.6. The van der Waals surface area contributed by atoms with E-state index in [1.807, 2.05) is 0 Å². The zero-order valence-electron chi connectivity index (χ0n) is 20.6. The molecule has 4 rings (SSSR count). The van der Waals surface area contributed by atoms with E-state index in [0.29, 0.717) is 0 Å². The third-order valence-corrected chi connectivity index (χ3v) is 9.26. The summed E-state index contributed by atoms with van der Waals surface area (Å²) in [5.41, 5.74) is 4.99. The normalized spacial score (nSPS) is 30.8. The summed E-state index contributed by atoms with van der Waals surface area (Å²) < 4.78 is 0. The average Bonchev–Trinajstić information content (AvgIpc) is 2.81. The Bertz CT molecular complexity index is 698. The summed E-state index contributed by atoms with van der Waals surface area (Å²) in [6.45, 7) is 4.47. The van der Waals surface area contributed by atoms with Gasteiger partial charge in [0, 0.05) is 0 Å². The van der Waals surface area contributed by atoms with Crippen molar-refractivity contribution in [3.8, 4) is 0 Å². The van der Waals surface area contributed by atoms with Gasteiger partial charge in [0.05, 0.1) is 0 Å². The first kappa shape index (κ1) is 23.1. The SMILES string of the molecule is CC=CCCC1CCC2CC(C3CCc4cc(CCCCCC)ccc4C3)CCC2C1. The van der Waals surface area contributed by atoms with Crippen molar-refractivity contribution in [2.75, 3.05) is 0 Å². The summed E-state index contributed by atoms with van der Waals surface area (Å²) in [6, 6.07) is 7.54. The van der Waals surface area contributed by atoms with Crippen LogP contribution in [-0.4, -0.2) is 0 Å². The highest BCUT2D eigenvalue weighted by Crippen LogP contribution is 2.49. The molecule has 0 heterocycles. The molecule has 0 N–H and O–H groups in total. The standard InChI is InChI=1S/C31H48/c1-3-5-7-9-11-25-13-15-29-23-31(19-17-27(29)21-25)30-18-16-26-20-24(10-8-6-4-2)12-14-28(26)22-30/h4,6,13,15,21,24,26,28,30-31H,3,5,7-12,14,16-20,22-23H2,1-2H3. The molecule has 0 bridgehead atoms. The lowest BCUT2D eigenvalue weighted by molar-refractivity contribution is 0.0699. The van der Waals surface area contributed by atoms with Gasteiger partial charge < -0.3 is 0 Å². The second-order valence-corrected chi connectivity index (χ2v) is 11.3. The minimum atomic E-state index is 0.969. The van der Waals surface area contributed by atoms with Crippen molar-refractivity contribution in [2.45, 2.75) is 117 Å². The van der Waals surface area contributed by atoms with Crippen LogP contribution in [0.3, 0.4) is 0 Å². The van der Waals surface area contributed by atoms with Gasteiger partial charge in [-0.3, -0.25) is 0 Å². The minimum absolute atomic E-state index is 0.969. The Hall–Kier alpha value is -1.04. The molecule has 0 amide bonds. The highest BCUT2D eigenvalue weighted by Gasteiger charge is 2.38. The first-order valence-corrected chi connectivity index (χ1v) is 14.0. The van der Waals surface area contributed by atoms with Crippen molar-refractivity contribution in [1.29, 1.82) is 0 Å². The summed E-state index contributed by atoms with van der Waals surface area (Å²) in [4.78, 5) is 0. The Balaban J connectivity index is 1.26. The van der Waals surface area contributed by atoms with E-state index in [9.17, 15) is 0 Å². The fraction of sp³-hybridized carbons (Fsp3) is 0.742. The second-order valence-electron chi connectivity index (χ2n) is 11.3. The number of aryl methyl sites for hydroxylation is 2. The number of fused-ring (bicyclic) bond motifs is 2. The number of rotatable bonds is 9. The van der Waals surface area contributed by atoms with E-state index in [1.165, 1.54) is 89.9 Å². The van der Waals surface area contributed by atoms with Crippen LogP contribution in [0.1, 0.15) is 114 Å².